The van der Waals surface area contributed by atoms with E-state index in [1.807, 2.05) is 55.5 Å². The molecular formula is C34H37IN3O6+. The van der Waals surface area contributed by atoms with E-state index >= 15 is 0 Å². The van der Waals surface area contributed by atoms with Gasteiger partial charge >= 0.3 is 6.09 Å². The van der Waals surface area contributed by atoms with Crippen LogP contribution in [0.1, 0.15) is 42.1 Å². The first-order valence-corrected chi connectivity index (χ1v) is 16.1. The number of benzene rings is 3. The van der Waals surface area contributed by atoms with Crippen molar-refractivity contribution in [3.05, 3.63) is 77.9 Å². The molecule has 2 bridgehead atoms. The molecule has 5 atom stereocenters. The van der Waals surface area contributed by atoms with Gasteiger partial charge in [-0.2, -0.15) is 0 Å². The highest BCUT2D eigenvalue weighted by Crippen LogP contribution is 2.61. The Morgan fingerprint density at radius 3 is 2.61 bits per heavy atom. The van der Waals surface area contributed by atoms with E-state index in [1.165, 1.54) is 0 Å². The quantitative estimate of drug-likeness (QED) is 0.0649. The summed E-state index contributed by atoms with van der Waals surface area (Å²) in [5.41, 5.74) is 4.37. The number of hydrogen-bond acceptors (Lipinski definition) is 6. The number of nitrogens with one attached hydrogen (secondary N) is 2. The Labute approximate surface area is 271 Å². The zero-order chi connectivity index (χ0) is 31.1. The molecule has 10 heteroatoms. The van der Waals surface area contributed by atoms with Gasteiger partial charge in [0.05, 0.1) is 38.4 Å². The first kappa shape index (κ1) is 30.5. The van der Waals surface area contributed by atoms with Crippen LogP contribution in [-0.4, -0.2) is 71.4 Å². The minimum absolute atomic E-state index is 0.104. The summed E-state index contributed by atoms with van der Waals surface area (Å²) in [6, 6.07) is 21.0. The van der Waals surface area contributed by atoms with E-state index in [0.717, 1.165) is 40.3 Å². The summed E-state index contributed by atoms with van der Waals surface area (Å²) in [5, 5.41) is 5.90. The number of carbonyl (C=O) groups is 3. The molecule has 6 rings (SSSR count). The van der Waals surface area contributed by atoms with Crippen LogP contribution in [0.15, 0.2) is 66.7 Å². The van der Waals surface area contributed by atoms with Gasteiger partial charge in [-0.1, -0.05) is 42.5 Å². The van der Waals surface area contributed by atoms with Gasteiger partial charge in [0.25, 0.3) is 0 Å². The lowest BCUT2D eigenvalue weighted by Gasteiger charge is -2.50. The monoisotopic (exact) mass is 710 g/mol. The summed E-state index contributed by atoms with van der Waals surface area (Å²) in [6.45, 7) is 2.25. The van der Waals surface area contributed by atoms with Crippen molar-refractivity contribution in [3.8, 4) is 16.9 Å². The van der Waals surface area contributed by atoms with Crippen molar-refractivity contribution in [3.63, 3.8) is 0 Å². The second kappa shape index (κ2) is 12.1. The number of fused-ring (bicyclic) bond motifs is 5. The highest BCUT2D eigenvalue weighted by atomic mass is 127. The summed E-state index contributed by atoms with van der Waals surface area (Å²) < 4.78 is 18.3. The lowest BCUT2D eigenvalue weighted by molar-refractivity contribution is -0.943. The number of nitrogens with zero attached hydrogens (tertiary/aromatic N) is 1. The molecule has 0 aromatic heterocycles. The lowest BCUT2D eigenvalue weighted by atomic mass is 9.96. The minimum atomic E-state index is -0.479. The number of quaternary nitrogens is 1. The molecule has 0 spiro atoms. The van der Waals surface area contributed by atoms with Crippen LogP contribution < -0.4 is 15.4 Å². The molecule has 0 aliphatic carbocycles. The number of aldehydes is 1. The van der Waals surface area contributed by atoms with Crippen LogP contribution in [0.25, 0.3) is 11.1 Å². The Kier molecular flexibility index (Phi) is 8.42. The van der Waals surface area contributed by atoms with Gasteiger partial charge in [0, 0.05) is 30.2 Å². The molecule has 0 unspecified atom stereocenters. The zero-order valence-electron chi connectivity index (χ0n) is 25.0. The van der Waals surface area contributed by atoms with Crippen molar-refractivity contribution >= 4 is 52.3 Å². The lowest BCUT2D eigenvalue weighted by Crippen LogP contribution is -2.65. The van der Waals surface area contributed by atoms with Crippen molar-refractivity contribution in [2.75, 3.05) is 31.3 Å². The number of likely N-dealkylation sites (N-methyl/N-ethyl adjacent to an activating group) is 1. The van der Waals surface area contributed by atoms with E-state index in [1.54, 1.807) is 18.2 Å². The van der Waals surface area contributed by atoms with Crippen molar-refractivity contribution in [2.24, 2.45) is 0 Å². The maximum atomic E-state index is 13.3. The van der Waals surface area contributed by atoms with Gasteiger partial charge in [0.15, 0.2) is 15.9 Å². The molecule has 230 valence electrons. The molecule has 0 saturated carbocycles. The van der Waals surface area contributed by atoms with Crippen molar-refractivity contribution in [1.29, 1.82) is 0 Å². The Bertz CT molecular complexity index is 1580. The average molecular weight is 711 g/mol. The first-order valence-electron chi connectivity index (χ1n) is 15.0. The van der Waals surface area contributed by atoms with Gasteiger partial charge in [-0.05, 0) is 65.3 Å². The summed E-state index contributed by atoms with van der Waals surface area (Å²) in [7, 11) is 4.50. The molecule has 2 N–H and O–H groups in total. The number of halogens is 1. The van der Waals surface area contributed by atoms with Crippen LogP contribution in [0.3, 0.4) is 0 Å². The third kappa shape index (κ3) is 5.82. The molecule has 3 fully saturated rings. The number of alkyl halides is 1. The van der Waals surface area contributed by atoms with Crippen LogP contribution in [-0.2, 0) is 20.7 Å². The van der Waals surface area contributed by atoms with E-state index in [-0.39, 0.29) is 34.2 Å². The minimum Gasteiger partial charge on any atom is -0.493 e. The molecule has 0 radical (unpaired) electrons. The topological polar surface area (TPSA) is 106 Å². The van der Waals surface area contributed by atoms with Gasteiger partial charge in [-0.15, -0.1) is 0 Å². The average Bonchev–Trinajstić information content (AvgIpc) is 3.79. The molecule has 3 aromatic carbocycles. The van der Waals surface area contributed by atoms with Gasteiger partial charge in [0.2, 0.25) is 5.91 Å². The highest BCUT2D eigenvalue weighted by molar-refractivity contribution is 14.1. The number of aryl methyl sites for hydroxylation is 1. The number of hydrogen-bond donors (Lipinski definition) is 2. The predicted octanol–water partition coefficient (Wildman–Crippen LogP) is 6.20. The van der Waals surface area contributed by atoms with Crippen molar-refractivity contribution < 1.29 is 33.1 Å². The largest absolute Gasteiger partial charge is 0.493 e. The third-order valence-electron chi connectivity index (χ3n) is 9.19. The zero-order valence-corrected chi connectivity index (χ0v) is 27.2. The Hall–Kier alpha value is -3.48. The Morgan fingerprint density at radius 1 is 1.09 bits per heavy atom. The van der Waals surface area contributed by atoms with Crippen LogP contribution in [0, 0.1) is 0 Å². The summed E-state index contributed by atoms with van der Waals surface area (Å²) in [6.07, 6.45) is 2.75. The van der Waals surface area contributed by atoms with E-state index in [9.17, 15) is 14.4 Å². The third-order valence-corrected chi connectivity index (χ3v) is 11.5. The fourth-order valence-electron chi connectivity index (χ4n) is 6.74. The van der Waals surface area contributed by atoms with Gasteiger partial charge < -0.3 is 24.0 Å². The van der Waals surface area contributed by atoms with Crippen molar-refractivity contribution in [1.82, 2.24) is 0 Å². The maximum Gasteiger partial charge on any atom is 0.411 e. The summed E-state index contributed by atoms with van der Waals surface area (Å²) in [4.78, 5) is 37.4. The number of piperidine rings is 1. The number of rotatable bonds is 10. The number of morpholine rings is 1. The molecule has 3 aliphatic rings. The van der Waals surface area contributed by atoms with E-state index < -0.39 is 6.09 Å². The number of carbonyl (C=O) groups excluding carboxylic acids is 3. The normalized spacial score (nSPS) is 25.8. The fourth-order valence-corrected chi connectivity index (χ4v) is 8.09. The number of epoxide rings is 1. The SMILES string of the molecule is CCOc1cc(NC(=O)CCc2ccc(-c3ccccc3)c(NC(=O)O[C@H]3C[C@H]4[C@@H]5O[C@H]5[C@](I)(C3)[N+]4(C)C)c2)ccc1C=O. The molecule has 3 aliphatic heterocycles. The Balaban J connectivity index is 1.13. The standard InChI is InChI=1S/C34H36IN3O6/c1-4-42-29-17-24(13-12-23(29)20-39)36-30(40)15-11-21-10-14-26(22-8-6-5-7-9-22)27(16-21)37-33(41)43-25-18-28-31-32(44-31)34(35,19-25)38(28,2)3/h5-10,12-14,16-17,20,25,28,31-32H,4,11,15,18-19H2,1-3H3,(H-,36,37,39,40,41)/p+1/t25-,28-,31-,32+,34-/m0/s1. The van der Waals surface area contributed by atoms with E-state index in [0.29, 0.717) is 41.8 Å². The first-order chi connectivity index (χ1) is 21.1. The smallest absolute Gasteiger partial charge is 0.411 e. The van der Waals surface area contributed by atoms with Gasteiger partial charge in [0.1, 0.15) is 24.0 Å². The molecule has 9 nitrogen and oxygen atoms in total. The van der Waals surface area contributed by atoms with E-state index in [4.69, 9.17) is 14.2 Å². The van der Waals surface area contributed by atoms with Gasteiger partial charge in [-0.3, -0.25) is 14.9 Å². The molecular weight excluding hydrogens is 673 g/mol. The van der Waals surface area contributed by atoms with Gasteiger partial charge in [-0.25, -0.2) is 4.79 Å². The summed E-state index contributed by atoms with van der Waals surface area (Å²) >= 11 is 2.52. The summed E-state index contributed by atoms with van der Waals surface area (Å²) in [5.74, 6) is 0.261. The molecule has 3 aromatic rings. The number of anilines is 2. The Morgan fingerprint density at radius 2 is 1.89 bits per heavy atom. The second-order valence-corrected chi connectivity index (χ2v) is 14.0. The number of amides is 2. The van der Waals surface area contributed by atoms with Crippen LogP contribution in [0.2, 0.25) is 0 Å². The second-order valence-electron chi connectivity index (χ2n) is 12.1. The van der Waals surface area contributed by atoms with Crippen LogP contribution >= 0.6 is 22.6 Å². The van der Waals surface area contributed by atoms with Crippen molar-refractivity contribution in [2.45, 2.75) is 60.5 Å². The van der Waals surface area contributed by atoms with Crippen LogP contribution in [0.5, 0.6) is 5.75 Å². The van der Waals surface area contributed by atoms with Crippen LogP contribution in [0.4, 0.5) is 16.2 Å². The highest BCUT2D eigenvalue weighted by Gasteiger charge is 2.78. The molecule has 2 amide bonds. The fraction of sp³-hybridized carbons (Fsp3) is 0.382. The molecule has 44 heavy (non-hydrogen) atoms. The maximum absolute atomic E-state index is 13.3. The molecule has 3 saturated heterocycles. The number of ether oxygens (including phenoxy) is 3. The molecule has 3 heterocycles. The van der Waals surface area contributed by atoms with E-state index in [2.05, 4.69) is 47.3 Å². The predicted molar refractivity (Wildman–Crippen MR) is 176 cm³/mol.